The number of pyridine rings is 1. The molecule has 3 heteroatoms. The fourth-order valence-corrected chi connectivity index (χ4v) is 5.03. The number of nitriles is 1. The minimum Gasteiger partial charge on any atom is -0.256 e. The van der Waals surface area contributed by atoms with Crippen molar-refractivity contribution in [2.45, 2.75) is 26.2 Å². The topological polar surface area (TPSA) is 36.7 Å². The maximum atomic E-state index is 9.29. The lowest BCUT2D eigenvalue weighted by molar-refractivity contribution is 0.336. The fraction of sp³-hybridized carbons (Fsp3) is 0.250. The van der Waals surface area contributed by atoms with Crippen LogP contribution in [0.2, 0.25) is 0 Å². The van der Waals surface area contributed by atoms with Crippen molar-refractivity contribution < 1.29 is 0 Å². The first-order chi connectivity index (χ1) is 13.2. The van der Waals surface area contributed by atoms with Crippen molar-refractivity contribution in [3.05, 3.63) is 81.8 Å². The first-order valence-electron chi connectivity index (χ1n) is 9.37. The Balaban J connectivity index is 1.58. The molecule has 0 bridgehead atoms. The summed E-state index contributed by atoms with van der Waals surface area (Å²) in [5.74, 6) is 1.79. The zero-order valence-corrected chi connectivity index (χ0v) is 16.4. The molecule has 0 spiro atoms. The van der Waals surface area contributed by atoms with Crippen molar-refractivity contribution in [1.82, 2.24) is 4.98 Å². The molecule has 134 valence electrons. The van der Waals surface area contributed by atoms with Crippen LogP contribution < -0.4 is 0 Å². The van der Waals surface area contributed by atoms with Crippen molar-refractivity contribution in [3.63, 3.8) is 0 Å². The SMILES string of the molecule is C[C@H]1[C@H](C=Cc2ccc(-c3ccccc3C#N)cn2)c2sccc2C[C@@H]1C. The molecular weight excluding hydrogens is 348 g/mol. The lowest BCUT2D eigenvalue weighted by Gasteiger charge is -2.32. The van der Waals surface area contributed by atoms with Gasteiger partial charge in [-0.25, -0.2) is 0 Å². The van der Waals surface area contributed by atoms with E-state index >= 15 is 0 Å². The van der Waals surface area contributed by atoms with Gasteiger partial charge in [0, 0.05) is 28.1 Å². The normalized spacial score (nSPS) is 21.7. The predicted molar refractivity (Wildman–Crippen MR) is 113 cm³/mol. The zero-order chi connectivity index (χ0) is 18.8. The molecule has 0 saturated carbocycles. The molecular formula is C24H22N2S. The van der Waals surface area contributed by atoms with Crippen LogP contribution in [0.15, 0.2) is 60.1 Å². The second-order valence-corrected chi connectivity index (χ2v) is 8.31. The second-order valence-electron chi connectivity index (χ2n) is 7.36. The van der Waals surface area contributed by atoms with E-state index in [0.717, 1.165) is 16.8 Å². The Hall–Kier alpha value is -2.70. The van der Waals surface area contributed by atoms with Crippen LogP contribution in [-0.2, 0) is 6.42 Å². The molecule has 0 aliphatic heterocycles. The summed E-state index contributed by atoms with van der Waals surface area (Å²) in [7, 11) is 0. The quantitative estimate of drug-likeness (QED) is 0.542. The van der Waals surface area contributed by atoms with Crippen molar-refractivity contribution in [3.8, 4) is 17.2 Å². The number of benzene rings is 1. The van der Waals surface area contributed by atoms with Gasteiger partial charge in [0.25, 0.3) is 0 Å². The molecule has 3 atom stereocenters. The second kappa shape index (κ2) is 7.50. The Morgan fingerprint density at radius 1 is 1.15 bits per heavy atom. The fourth-order valence-electron chi connectivity index (χ4n) is 3.89. The smallest absolute Gasteiger partial charge is 0.0998 e. The maximum Gasteiger partial charge on any atom is 0.0998 e. The Labute approximate surface area is 164 Å². The molecule has 2 heterocycles. The van der Waals surface area contributed by atoms with Crippen LogP contribution in [-0.4, -0.2) is 4.98 Å². The highest BCUT2D eigenvalue weighted by atomic mass is 32.1. The largest absolute Gasteiger partial charge is 0.256 e. The Morgan fingerprint density at radius 2 is 2.00 bits per heavy atom. The molecule has 1 aliphatic rings. The van der Waals surface area contributed by atoms with Crippen LogP contribution in [0.5, 0.6) is 0 Å². The molecule has 27 heavy (non-hydrogen) atoms. The van der Waals surface area contributed by atoms with Crippen molar-refractivity contribution in [1.29, 1.82) is 5.26 Å². The third-order valence-electron chi connectivity index (χ3n) is 5.71. The monoisotopic (exact) mass is 370 g/mol. The van der Waals surface area contributed by atoms with Gasteiger partial charge in [0.05, 0.1) is 17.3 Å². The molecule has 2 nitrogen and oxygen atoms in total. The average Bonchev–Trinajstić information content (AvgIpc) is 3.16. The molecule has 0 fully saturated rings. The molecule has 0 unspecified atom stereocenters. The van der Waals surface area contributed by atoms with Crippen LogP contribution in [0, 0.1) is 23.2 Å². The van der Waals surface area contributed by atoms with E-state index in [2.05, 4.69) is 48.5 Å². The number of allylic oxidation sites excluding steroid dienone is 1. The van der Waals surface area contributed by atoms with Crippen molar-refractivity contribution >= 4 is 17.4 Å². The van der Waals surface area contributed by atoms with Crippen molar-refractivity contribution in [2.75, 3.05) is 0 Å². The number of thiophene rings is 1. The first kappa shape index (κ1) is 17.7. The van der Waals surface area contributed by atoms with Gasteiger partial charge in [0.2, 0.25) is 0 Å². The summed E-state index contributed by atoms with van der Waals surface area (Å²) in [6.07, 6.45) is 7.51. The summed E-state index contributed by atoms with van der Waals surface area (Å²) in [4.78, 5) is 6.12. The Morgan fingerprint density at radius 3 is 2.78 bits per heavy atom. The minimum absolute atomic E-state index is 0.463. The van der Waals surface area contributed by atoms with E-state index in [1.165, 1.54) is 16.9 Å². The molecule has 0 radical (unpaired) electrons. The van der Waals surface area contributed by atoms with Crippen LogP contribution >= 0.6 is 11.3 Å². The Kier molecular flexibility index (Phi) is 4.92. The lowest BCUT2D eigenvalue weighted by atomic mass is 9.74. The van der Waals surface area contributed by atoms with E-state index in [0.29, 0.717) is 23.3 Å². The molecule has 3 aromatic rings. The third kappa shape index (κ3) is 3.46. The molecule has 0 N–H and O–H groups in total. The molecule has 0 saturated heterocycles. The van der Waals surface area contributed by atoms with Crippen molar-refractivity contribution in [2.24, 2.45) is 11.8 Å². The summed E-state index contributed by atoms with van der Waals surface area (Å²) in [6, 6.07) is 16.3. The van der Waals surface area contributed by atoms with Crippen LogP contribution in [0.25, 0.3) is 17.2 Å². The third-order valence-corrected chi connectivity index (χ3v) is 6.77. The van der Waals surface area contributed by atoms with Gasteiger partial charge in [0.15, 0.2) is 0 Å². The molecule has 0 amide bonds. The van der Waals surface area contributed by atoms with Gasteiger partial charge in [-0.05, 0) is 53.5 Å². The zero-order valence-electron chi connectivity index (χ0n) is 15.6. The van der Waals surface area contributed by atoms with Gasteiger partial charge in [-0.1, -0.05) is 44.2 Å². The number of aromatic nitrogens is 1. The number of fused-ring (bicyclic) bond motifs is 1. The summed E-state index contributed by atoms with van der Waals surface area (Å²) in [5.41, 5.74) is 5.05. The first-order valence-corrected chi connectivity index (χ1v) is 10.3. The highest BCUT2D eigenvalue weighted by Crippen LogP contribution is 2.43. The molecule has 1 aliphatic carbocycles. The molecule has 1 aromatic carbocycles. The maximum absolute atomic E-state index is 9.29. The van der Waals surface area contributed by atoms with Gasteiger partial charge >= 0.3 is 0 Å². The lowest BCUT2D eigenvalue weighted by Crippen LogP contribution is -2.23. The highest BCUT2D eigenvalue weighted by Gasteiger charge is 2.30. The predicted octanol–water partition coefficient (Wildman–Crippen LogP) is 6.31. The van der Waals surface area contributed by atoms with E-state index in [9.17, 15) is 5.26 Å². The van der Waals surface area contributed by atoms with E-state index in [1.54, 1.807) is 0 Å². The van der Waals surface area contributed by atoms with Gasteiger partial charge < -0.3 is 0 Å². The summed E-state index contributed by atoms with van der Waals surface area (Å²) in [5, 5.41) is 11.5. The summed E-state index contributed by atoms with van der Waals surface area (Å²) >= 11 is 1.88. The van der Waals surface area contributed by atoms with Crippen LogP contribution in [0.4, 0.5) is 0 Å². The average molecular weight is 371 g/mol. The standard InChI is InChI=1S/C24H22N2S/c1-16-13-18-11-12-27-24(18)22(17(16)2)10-9-21-8-7-20(15-26-21)23-6-4-3-5-19(23)14-25/h3-12,15-17,22H,13H2,1-2H3/t16-,17+,22-/m0/s1. The van der Waals surface area contributed by atoms with E-state index < -0.39 is 0 Å². The number of hydrogen-bond acceptors (Lipinski definition) is 3. The highest BCUT2D eigenvalue weighted by molar-refractivity contribution is 7.10. The summed E-state index contributed by atoms with van der Waals surface area (Å²) in [6.45, 7) is 4.71. The summed E-state index contributed by atoms with van der Waals surface area (Å²) < 4.78 is 0. The number of hydrogen-bond donors (Lipinski definition) is 0. The van der Waals surface area contributed by atoms with Crippen LogP contribution in [0.3, 0.4) is 0 Å². The van der Waals surface area contributed by atoms with E-state index in [-0.39, 0.29) is 0 Å². The Bertz CT molecular complexity index is 1010. The van der Waals surface area contributed by atoms with Crippen LogP contribution in [0.1, 0.15) is 41.5 Å². The number of nitrogens with zero attached hydrogens (tertiary/aromatic N) is 2. The van der Waals surface area contributed by atoms with Gasteiger partial charge in [0.1, 0.15) is 0 Å². The number of rotatable bonds is 3. The van der Waals surface area contributed by atoms with E-state index in [1.807, 2.05) is 53.9 Å². The van der Waals surface area contributed by atoms with Gasteiger partial charge in [-0.2, -0.15) is 5.26 Å². The minimum atomic E-state index is 0.463. The molecule has 4 rings (SSSR count). The van der Waals surface area contributed by atoms with E-state index in [4.69, 9.17) is 0 Å². The molecule has 2 aromatic heterocycles. The van der Waals surface area contributed by atoms with Gasteiger partial charge in [-0.15, -0.1) is 11.3 Å². The van der Waals surface area contributed by atoms with Gasteiger partial charge in [-0.3, -0.25) is 4.98 Å².